The molecule has 2 unspecified atom stereocenters. The maximum Gasteiger partial charge on any atom is 0.289 e. The fourth-order valence-electron chi connectivity index (χ4n) is 6.77. The molecule has 3 aliphatic rings. The van der Waals surface area contributed by atoms with E-state index in [0.29, 0.717) is 31.9 Å². The van der Waals surface area contributed by atoms with Gasteiger partial charge in [0.15, 0.2) is 12.1 Å². The number of carbonyl (C=O) groups excluding carboxylic acids is 1. The van der Waals surface area contributed by atoms with E-state index in [1.807, 2.05) is 47.4 Å². The summed E-state index contributed by atoms with van der Waals surface area (Å²) in [6.45, 7) is 6.70. The molecule has 1 amide bonds. The largest absolute Gasteiger partial charge is 0.497 e. The van der Waals surface area contributed by atoms with E-state index in [-0.39, 0.29) is 17.4 Å². The molecule has 3 aliphatic heterocycles. The highest BCUT2D eigenvalue weighted by atomic mass is 16.5. The van der Waals surface area contributed by atoms with Gasteiger partial charge in [0.1, 0.15) is 17.1 Å². The summed E-state index contributed by atoms with van der Waals surface area (Å²) in [7, 11) is 3.34. The first kappa shape index (κ1) is 24.8. The van der Waals surface area contributed by atoms with Crippen molar-refractivity contribution in [1.82, 2.24) is 14.7 Å². The maximum atomic E-state index is 13.4. The van der Waals surface area contributed by atoms with Crippen molar-refractivity contribution in [3.63, 3.8) is 0 Å². The number of aliphatic hydroxyl groups is 1. The van der Waals surface area contributed by atoms with E-state index < -0.39 is 6.35 Å². The number of amides is 1. The van der Waals surface area contributed by atoms with Crippen molar-refractivity contribution in [2.24, 2.45) is 0 Å². The molecule has 2 atom stereocenters. The Labute approximate surface area is 223 Å². The average Bonchev–Trinajstić information content (AvgIpc) is 3.40. The molecule has 8 heteroatoms. The van der Waals surface area contributed by atoms with Gasteiger partial charge in [0.25, 0.3) is 5.91 Å². The molecule has 2 saturated heterocycles. The van der Waals surface area contributed by atoms with Crippen LogP contribution in [0.25, 0.3) is 11.0 Å². The highest BCUT2D eigenvalue weighted by Gasteiger charge is 2.55. The minimum atomic E-state index is -0.751. The highest BCUT2D eigenvalue weighted by Crippen LogP contribution is 2.50. The van der Waals surface area contributed by atoms with E-state index in [1.54, 1.807) is 14.2 Å². The second-order valence-corrected chi connectivity index (χ2v) is 10.5. The van der Waals surface area contributed by atoms with Gasteiger partial charge in [-0.25, -0.2) is 4.90 Å². The van der Waals surface area contributed by atoms with Crippen LogP contribution in [-0.2, 0) is 6.54 Å². The van der Waals surface area contributed by atoms with E-state index in [2.05, 4.69) is 29.7 Å². The molecule has 200 valence electrons. The molecule has 6 rings (SSSR count). The van der Waals surface area contributed by atoms with Gasteiger partial charge in [0.2, 0.25) is 0 Å². The molecule has 1 spiro atoms. The summed E-state index contributed by atoms with van der Waals surface area (Å²) >= 11 is 0. The number of carbonyl (C=O) groups is 1. The summed E-state index contributed by atoms with van der Waals surface area (Å²) in [6.07, 6.45) is 3.00. The fraction of sp³-hybridized carbons (Fsp3) is 0.433. The van der Waals surface area contributed by atoms with Crippen molar-refractivity contribution in [3.8, 4) is 11.5 Å². The molecule has 8 nitrogen and oxygen atoms in total. The first-order valence-corrected chi connectivity index (χ1v) is 13.4. The SMILES string of the molecule is CCN1C(O)N2Cc3cc(OC)cc(OC)c3C(C)C=C2C12CCN(C(=O)c1cc3ccccc3o1)CC2. The van der Waals surface area contributed by atoms with Crippen molar-refractivity contribution < 1.29 is 23.8 Å². The zero-order chi connectivity index (χ0) is 26.6. The number of nitrogens with zero attached hydrogens (tertiary/aromatic N) is 3. The Morgan fingerprint density at radius 2 is 1.89 bits per heavy atom. The van der Waals surface area contributed by atoms with Crippen molar-refractivity contribution in [2.45, 2.75) is 51.0 Å². The third-order valence-electron chi connectivity index (χ3n) is 8.61. The van der Waals surface area contributed by atoms with Crippen LogP contribution in [0.15, 0.2) is 58.7 Å². The van der Waals surface area contributed by atoms with Gasteiger partial charge in [-0.05, 0) is 36.6 Å². The number of likely N-dealkylation sites (N-methyl/N-ethyl adjacent to an activating group) is 1. The maximum absolute atomic E-state index is 13.4. The third-order valence-corrected chi connectivity index (χ3v) is 8.61. The Morgan fingerprint density at radius 1 is 1.13 bits per heavy atom. The Kier molecular flexibility index (Phi) is 6.12. The van der Waals surface area contributed by atoms with Crippen LogP contribution in [0.3, 0.4) is 0 Å². The van der Waals surface area contributed by atoms with Crippen molar-refractivity contribution in [3.05, 3.63) is 71.1 Å². The summed E-state index contributed by atoms with van der Waals surface area (Å²) in [5, 5.41) is 12.5. The predicted octanol–water partition coefficient (Wildman–Crippen LogP) is 4.54. The Hall–Kier alpha value is -3.49. The first-order chi connectivity index (χ1) is 18.4. The molecule has 1 aromatic heterocycles. The van der Waals surface area contributed by atoms with Crippen LogP contribution in [0.5, 0.6) is 11.5 Å². The number of rotatable bonds is 4. The lowest BCUT2D eigenvalue weighted by Crippen LogP contribution is -2.55. The Balaban J connectivity index is 1.31. The first-order valence-electron chi connectivity index (χ1n) is 13.4. The number of hydrogen-bond acceptors (Lipinski definition) is 7. The predicted molar refractivity (Wildman–Crippen MR) is 144 cm³/mol. The summed E-state index contributed by atoms with van der Waals surface area (Å²) in [6, 6.07) is 13.5. The van der Waals surface area contributed by atoms with Crippen LogP contribution in [-0.4, -0.2) is 71.5 Å². The second-order valence-electron chi connectivity index (χ2n) is 10.5. The van der Waals surface area contributed by atoms with Gasteiger partial charge in [0.05, 0.1) is 19.8 Å². The van der Waals surface area contributed by atoms with Crippen molar-refractivity contribution in [1.29, 1.82) is 0 Å². The summed E-state index contributed by atoms with van der Waals surface area (Å²) in [5.41, 5.74) is 3.71. The molecule has 4 heterocycles. The molecular weight excluding hydrogens is 482 g/mol. The monoisotopic (exact) mass is 517 g/mol. The van der Waals surface area contributed by atoms with Crippen LogP contribution in [0, 0.1) is 0 Å². The van der Waals surface area contributed by atoms with Gasteiger partial charge in [-0.3, -0.25) is 4.79 Å². The van der Waals surface area contributed by atoms with Gasteiger partial charge < -0.3 is 28.8 Å². The molecule has 0 aliphatic carbocycles. The van der Waals surface area contributed by atoms with Crippen molar-refractivity contribution >= 4 is 16.9 Å². The standard InChI is InChI=1S/C30H35N3O5/c1-5-33-29(35)32-18-21-15-22(36-3)17-24(37-4)27(21)19(2)14-26(32)30(33)10-12-31(13-11-30)28(34)25-16-20-8-6-7-9-23(20)38-25/h6-9,14-17,19,29,35H,5,10-13,18H2,1-4H3. The van der Waals surface area contributed by atoms with Crippen molar-refractivity contribution in [2.75, 3.05) is 33.9 Å². The number of likely N-dealkylation sites (tertiary alicyclic amines) is 1. The zero-order valence-corrected chi connectivity index (χ0v) is 22.4. The number of piperidine rings is 1. The van der Waals surface area contributed by atoms with E-state index >= 15 is 0 Å². The van der Waals surface area contributed by atoms with E-state index in [4.69, 9.17) is 13.9 Å². The van der Waals surface area contributed by atoms with Gasteiger partial charge in [-0.2, -0.15) is 0 Å². The summed E-state index contributed by atoms with van der Waals surface area (Å²) in [4.78, 5) is 19.6. The van der Waals surface area contributed by atoms with Crippen LogP contribution in [0.1, 0.15) is 54.3 Å². The van der Waals surface area contributed by atoms with Gasteiger partial charge >= 0.3 is 0 Å². The lowest BCUT2D eigenvalue weighted by molar-refractivity contribution is -0.0852. The number of hydrogen-bond donors (Lipinski definition) is 1. The lowest BCUT2D eigenvalue weighted by atomic mass is 9.82. The number of furan rings is 1. The van der Waals surface area contributed by atoms with E-state index in [1.165, 1.54) is 0 Å². The number of ether oxygens (including phenoxy) is 2. The van der Waals surface area contributed by atoms with Gasteiger partial charge in [0, 0.05) is 54.8 Å². The number of aliphatic hydroxyl groups excluding tert-OH is 1. The second kappa shape index (κ2) is 9.36. The number of fused-ring (bicyclic) bond motifs is 4. The lowest BCUT2D eigenvalue weighted by Gasteiger charge is -2.44. The van der Waals surface area contributed by atoms with E-state index in [9.17, 15) is 9.90 Å². The zero-order valence-electron chi connectivity index (χ0n) is 22.4. The molecule has 38 heavy (non-hydrogen) atoms. The smallest absolute Gasteiger partial charge is 0.289 e. The summed E-state index contributed by atoms with van der Waals surface area (Å²) < 4.78 is 17.2. The highest BCUT2D eigenvalue weighted by molar-refractivity contribution is 5.96. The minimum Gasteiger partial charge on any atom is -0.497 e. The number of allylic oxidation sites excluding steroid dienone is 1. The summed E-state index contributed by atoms with van der Waals surface area (Å²) in [5.74, 6) is 1.92. The molecule has 0 radical (unpaired) electrons. The molecule has 0 bridgehead atoms. The minimum absolute atomic E-state index is 0.0815. The van der Waals surface area contributed by atoms with Crippen LogP contribution >= 0.6 is 0 Å². The normalized spacial score (nSPS) is 22.7. The Bertz CT molecular complexity index is 1370. The quantitative estimate of drug-likeness (QED) is 0.544. The van der Waals surface area contributed by atoms with E-state index in [0.717, 1.165) is 52.1 Å². The number of para-hydroxylation sites is 1. The third kappa shape index (κ3) is 3.69. The van der Waals surface area contributed by atoms with Crippen LogP contribution < -0.4 is 9.47 Å². The number of methoxy groups -OCH3 is 2. The van der Waals surface area contributed by atoms with Crippen LogP contribution in [0.2, 0.25) is 0 Å². The molecule has 2 fully saturated rings. The van der Waals surface area contributed by atoms with Gasteiger partial charge in [-0.1, -0.05) is 38.1 Å². The number of benzene rings is 2. The fourth-order valence-corrected chi connectivity index (χ4v) is 6.77. The molecular formula is C30H35N3O5. The molecule has 1 N–H and O–H groups in total. The molecule has 2 aromatic carbocycles. The van der Waals surface area contributed by atoms with Crippen LogP contribution in [0.4, 0.5) is 0 Å². The topological polar surface area (TPSA) is 78.6 Å². The van der Waals surface area contributed by atoms with Gasteiger partial charge in [-0.15, -0.1) is 0 Å². The Morgan fingerprint density at radius 3 is 2.58 bits per heavy atom. The molecule has 0 saturated carbocycles. The average molecular weight is 518 g/mol. The molecule has 3 aromatic rings.